The van der Waals surface area contributed by atoms with Gasteiger partial charge in [0.05, 0.1) is 8.95 Å². The number of rotatable bonds is 5. The summed E-state index contributed by atoms with van der Waals surface area (Å²) >= 11 is 6.96. The molecule has 0 radical (unpaired) electrons. The van der Waals surface area contributed by atoms with E-state index in [-0.39, 0.29) is 0 Å². The lowest BCUT2D eigenvalue weighted by atomic mass is 10.2. The molecule has 0 aliphatic rings. The average molecular weight is 335 g/mol. The van der Waals surface area contributed by atoms with Crippen LogP contribution in [0.1, 0.15) is 5.56 Å². The van der Waals surface area contributed by atoms with Crippen molar-refractivity contribution in [1.82, 2.24) is 5.32 Å². The van der Waals surface area contributed by atoms with E-state index in [1.165, 1.54) is 5.56 Å². The first-order valence-electron chi connectivity index (χ1n) is 4.55. The van der Waals surface area contributed by atoms with Gasteiger partial charge in [0.25, 0.3) is 0 Å². The molecule has 15 heavy (non-hydrogen) atoms. The normalized spacial score (nSPS) is 10.1. The topological polar surface area (TPSA) is 21.3 Å². The van der Waals surface area contributed by atoms with Gasteiger partial charge < -0.3 is 10.1 Å². The van der Waals surface area contributed by atoms with Gasteiger partial charge in [-0.1, -0.05) is 12.7 Å². The van der Waals surface area contributed by atoms with E-state index in [2.05, 4.69) is 43.8 Å². The van der Waals surface area contributed by atoms with Crippen LogP contribution >= 0.6 is 31.9 Å². The Morgan fingerprint density at radius 2 is 2.00 bits per heavy atom. The maximum Gasteiger partial charge on any atom is 0.148 e. The first-order valence-corrected chi connectivity index (χ1v) is 6.14. The van der Waals surface area contributed by atoms with Crippen molar-refractivity contribution in [3.8, 4) is 5.75 Å². The molecule has 0 aliphatic heterocycles. The van der Waals surface area contributed by atoms with E-state index < -0.39 is 0 Å². The lowest BCUT2D eigenvalue weighted by Gasteiger charge is -2.10. The number of hydrogen-bond acceptors (Lipinski definition) is 2. The van der Waals surface area contributed by atoms with Crippen LogP contribution in [0.2, 0.25) is 0 Å². The van der Waals surface area contributed by atoms with E-state index in [9.17, 15) is 0 Å². The Morgan fingerprint density at radius 1 is 1.40 bits per heavy atom. The fourth-order valence-electron chi connectivity index (χ4n) is 1.20. The van der Waals surface area contributed by atoms with E-state index in [1.807, 2.05) is 19.2 Å². The summed E-state index contributed by atoms with van der Waals surface area (Å²) in [6.07, 6.45) is 1.72. The number of nitrogens with one attached hydrogen (secondary N) is 1. The smallest absolute Gasteiger partial charge is 0.148 e. The molecule has 1 rings (SSSR count). The van der Waals surface area contributed by atoms with Crippen molar-refractivity contribution in [2.24, 2.45) is 0 Å². The van der Waals surface area contributed by atoms with E-state index in [0.29, 0.717) is 6.61 Å². The van der Waals surface area contributed by atoms with Crippen LogP contribution in [-0.4, -0.2) is 13.7 Å². The van der Waals surface area contributed by atoms with Crippen LogP contribution in [0, 0.1) is 0 Å². The van der Waals surface area contributed by atoms with Crippen molar-refractivity contribution in [2.45, 2.75) is 6.54 Å². The molecular weight excluding hydrogens is 322 g/mol. The molecule has 0 saturated heterocycles. The minimum atomic E-state index is 0.503. The van der Waals surface area contributed by atoms with Crippen molar-refractivity contribution < 1.29 is 4.74 Å². The van der Waals surface area contributed by atoms with Gasteiger partial charge in [-0.15, -0.1) is 0 Å². The highest BCUT2D eigenvalue weighted by atomic mass is 79.9. The first-order chi connectivity index (χ1) is 7.19. The second kappa shape index (κ2) is 6.30. The van der Waals surface area contributed by atoms with Gasteiger partial charge >= 0.3 is 0 Å². The van der Waals surface area contributed by atoms with Crippen LogP contribution < -0.4 is 10.1 Å². The Bertz CT molecular complexity index is 329. The quantitative estimate of drug-likeness (QED) is 0.832. The summed E-state index contributed by atoms with van der Waals surface area (Å²) < 4.78 is 7.41. The number of benzene rings is 1. The Labute approximate surface area is 107 Å². The predicted molar refractivity (Wildman–Crippen MR) is 70.3 cm³/mol. The molecule has 0 aliphatic carbocycles. The third-order valence-corrected chi connectivity index (χ3v) is 2.96. The third kappa shape index (κ3) is 3.63. The van der Waals surface area contributed by atoms with Gasteiger partial charge in [0, 0.05) is 6.54 Å². The van der Waals surface area contributed by atoms with Gasteiger partial charge in [-0.3, -0.25) is 0 Å². The second-order valence-electron chi connectivity index (χ2n) is 3.02. The maximum atomic E-state index is 5.52. The van der Waals surface area contributed by atoms with Crippen molar-refractivity contribution in [1.29, 1.82) is 0 Å². The zero-order valence-electron chi connectivity index (χ0n) is 8.52. The van der Waals surface area contributed by atoms with Crippen LogP contribution in [0.5, 0.6) is 5.75 Å². The molecule has 82 valence electrons. The third-order valence-electron chi connectivity index (χ3n) is 1.78. The number of halogens is 2. The minimum absolute atomic E-state index is 0.503. The molecule has 1 aromatic rings. The average Bonchev–Trinajstić information content (AvgIpc) is 2.17. The molecule has 0 bridgehead atoms. The lowest BCUT2D eigenvalue weighted by molar-refractivity contribution is 0.358. The molecule has 0 unspecified atom stereocenters. The Kier molecular flexibility index (Phi) is 5.36. The highest BCUT2D eigenvalue weighted by Gasteiger charge is 2.07. The lowest BCUT2D eigenvalue weighted by Crippen LogP contribution is -2.05. The fraction of sp³-hybridized carbons (Fsp3) is 0.273. The van der Waals surface area contributed by atoms with Crippen molar-refractivity contribution in [3.05, 3.63) is 39.3 Å². The van der Waals surface area contributed by atoms with Gasteiger partial charge in [0.1, 0.15) is 12.4 Å². The molecular formula is C11H13Br2NO. The Balaban J connectivity index is 2.93. The zero-order chi connectivity index (χ0) is 11.3. The SMILES string of the molecule is C=CCOc1c(Br)cc(CNC)cc1Br. The molecule has 1 aromatic carbocycles. The fourth-order valence-corrected chi connectivity index (χ4v) is 2.71. The summed E-state index contributed by atoms with van der Waals surface area (Å²) in [6, 6.07) is 4.08. The van der Waals surface area contributed by atoms with Crippen LogP contribution in [-0.2, 0) is 6.54 Å². The molecule has 0 fully saturated rings. The van der Waals surface area contributed by atoms with Crippen LogP contribution in [0.3, 0.4) is 0 Å². The summed E-state index contributed by atoms with van der Waals surface area (Å²) in [6.45, 7) is 4.95. The number of ether oxygens (including phenoxy) is 1. The highest BCUT2D eigenvalue weighted by molar-refractivity contribution is 9.11. The van der Waals surface area contributed by atoms with Crippen molar-refractivity contribution in [2.75, 3.05) is 13.7 Å². The largest absolute Gasteiger partial charge is 0.487 e. The van der Waals surface area contributed by atoms with Crippen LogP contribution in [0.4, 0.5) is 0 Å². The van der Waals surface area contributed by atoms with E-state index in [0.717, 1.165) is 21.2 Å². The first kappa shape index (κ1) is 12.7. The Hall–Kier alpha value is -0.320. The summed E-state index contributed by atoms with van der Waals surface area (Å²) in [7, 11) is 1.92. The maximum absolute atomic E-state index is 5.52. The summed E-state index contributed by atoms with van der Waals surface area (Å²) in [5, 5.41) is 3.10. The van der Waals surface area contributed by atoms with Gasteiger partial charge in [0.2, 0.25) is 0 Å². The Morgan fingerprint density at radius 3 is 2.47 bits per heavy atom. The molecule has 1 N–H and O–H groups in total. The van der Waals surface area contributed by atoms with Gasteiger partial charge in [0.15, 0.2) is 0 Å². The monoisotopic (exact) mass is 333 g/mol. The minimum Gasteiger partial charge on any atom is -0.487 e. The molecule has 0 heterocycles. The van der Waals surface area contributed by atoms with Crippen LogP contribution in [0.25, 0.3) is 0 Å². The molecule has 0 spiro atoms. The van der Waals surface area contributed by atoms with E-state index in [4.69, 9.17) is 4.74 Å². The van der Waals surface area contributed by atoms with Crippen molar-refractivity contribution in [3.63, 3.8) is 0 Å². The standard InChI is InChI=1S/C11H13Br2NO/c1-3-4-15-11-9(12)5-8(7-14-2)6-10(11)13/h3,5-6,14H,1,4,7H2,2H3. The molecule has 0 amide bonds. The number of hydrogen-bond donors (Lipinski definition) is 1. The van der Waals surface area contributed by atoms with Crippen LogP contribution in [0.15, 0.2) is 33.7 Å². The second-order valence-corrected chi connectivity index (χ2v) is 4.73. The summed E-state index contributed by atoms with van der Waals surface area (Å²) in [5.74, 6) is 0.815. The highest BCUT2D eigenvalue weighted by Crippen LogP contribution is 2.34. The summed E-state index contributed by atoms with van der Waals surface area (Å²) in [4.78, 5) is 0. The molecule has 0 aromatic heterocycles. The molecule has 2 nitrogen and oxygen atoms in total. The van der Waals surface area contributed by atoms with E-state index in [1.54, 1.807) is 6.08 Å². The van der Waals surface area contributed by atoms with Crippen molar-refractivity contribution >= 4 is 31.9 Å². The predicted octanol–water partition coefficient (Wildman–Crippen LogP) is 3.50. The van der Waals surface area contributed by atoms with Gasteiger partial charge in [-0.05, 0) is 56.6 Å². The summed E-state index contributed by atoms with van der Waals surface area (Å²) in [5.41, 5.74) is 1.20. The molecule has 0 saturated carbocycles. The zero-order valence-corrected chi connectivity index (χ0v) is 11.7. The van der Waals surface area contributed by atoms with E-state index >= 15 is 0 Å². The molecule has 4 heteroatoms. The van der Waals surface area contributed by atoms with Gasteiger partial charge in [-0.2, -0.15) is 0 Å². The molecule has 0 atom stereocenters. The van der Waals surface area contributed by atoms with Gasteiger partial charge in [-0.25, -0.2) is 0 Å².